The van der Waals surface area contributed by atoms with Crippen LogP contribution >= 0.6 is 11.3 Å². The molecule has 0 bridgehead atoms. The fraction of sp³-hybridized carbons (Fsp3) is 0.778. The number of aryl methyl sites for hydroxylation is 1. The third-order valence-corrected chi connectivity index (χ3v) is 6.65. The minimum atomic E-state index is 0.120. The van der Waals surface area contributed by atoms with Crippen molar-refractivity contribution in [3.8, 4) is 0 Å². The molecule has 0 radical (unpaired) electrons. The minimum absolute atomic E-state index is 0.120. The average molecular weight is 337 g/mol. The molecule has 2 saturated carbocycles. The summed E-state index contributed by atoms with van der Waals surface area (Å²) >= 11 is 1.63. The maximum atomic E-state index is 12.7. The largest absolute Gasteiger partial charge is 0.383 e. The Kier molecular flexibility index (Phi) is 5.37. The third-order valence-electron chi connectivity index (χ3n) is 5.56. The number of thiazole rings is 1. The normalized spacial score (nSPS) is 28.1. The number of carbonyl (C=O) groups is 1. The van der Waals surface area contributed by atoms with Gasteiger partial charge in [0.2, 0.25) is 0 Å². The summed E-state index contributed by atoms with van der Waals surface area (Å²) in [6, 6.07) is 0. The molecule has 3 rings (SSSR count). The van der Waals surface area contributed by atoms with Gasteiger partial charge in [0.1, 0.15) is 0 Å². The molecule has 128 valence electrons. The van der Waals surface area contributed by atoms with Crippen molar-refractivity contribution in [3.63, 3.8) is 0 Å². The number of methoxy groups -OCH3 is 1. The predicted molar refractivity (Wildman–Crippen MR) is 92.4 cm³/mol. The SMILES string of the molecule is COCCn1c(C)c(C)sc1=NC(=O)[C@H]1[C@@H]2CCCCCC[C@@H]21. The van der Waals surface area contributed by atoms with Gasteiger partial charge in [0, 0.05) is 30.1 Å². The van der Waals surface area contributed by atoms with E-state index in [1.54, 1.807) is 18.4 Å². The van der Waals surface area contributed by atoms with E-state index in [0.29, 0.717) is 18.4 Å². The Morgan fingerprint density at radius 2 is 1.87 bits per heavy atom. The number of carbonyl (C=O) groups excluding carboxylic acids is 1. The quantitative estimate of drug-likeness (QED) is 0.845. The van der Waals surface area contributed by atoms with E-state index in [1.807, 2.05) is 0 Å². The lowest BCUT2D eigenvalue weighted by Gasteiger charge is -2.05. The molecule has 1 aromatic rings. The lowest BCUT2D eigenvalue weighted by atomic mass is 10.0. The molecule has 4 nitrogen and oxygen atoms in total. The Labute approximate surface area is 142 Å². The topological polar surface area (TPSA) is 43.6 Å². The molecule has 0 N–H and O–H groups in total. The number of nitrogens with zero attached hydrogens (tertiary/aromatic N) is 2. The number of hydrogen-bond acceptors (Lipinski definition) is 3. The number of rotatable bonds is 4. The van der Waals surface area contributed by atoms with Crippen molar-refractivity contribution in [1.82, 2.24) is 4.57 Å². The fourth-order valence-corrected chi connectivity index (χ4v) is 5.02. The maximum absolute atomic E-state index is 12.7. The number of amides is 1. The van der Waals surface area contributed by atoms with Gasteiger partial charge in [-0.15, -0.1) is 11.3 Å². The van der Waals surface area contributed by atoms with E-state index in [4.69, 9.17) is 4.74 Å². The molecule has 23 heavy (non-hydrogen) atoms. The number of fused-ring (bicyclic) bond motifs is 1. The van der Waals surface area contributed by atoms with Crippen LogP contribution in [0, 0.1) is 31.6 Å². The zero-order valence-electron chi connectivity index (χ0n) is 14.5. The first-order chi connectivity index (χ1) is 11.1. The fourth-order valence-electron chi connectivity index (χ4n) is 4.01. The third kappa shape index (κ3) is 3.61. The summed E-state index contributed by atoms with van der Waals surface area (Å²) < 4.78 is 7.32. The first kappa shape index (κ1) is 16.9. The molecule has 0 aliphatic heterocycles. The molecule has 3 atom stereocenters. The van der Waals surface area contributed by atoms with Crippen molar-refractivity contribution >= 4 is 17.2 Å². The van der Waals surface area contributed by atoms with Gasteiger partial charge in [0.05, 0.1) is 6.61 Å². The lowest BCUT2D eigenvalue weighted by molar-refractivity contribution is -0.119. The van der Waals surface area contributed by atoms with Gasteiger partial charge in [-0.05, 0) is 38.5 Å². The van der Waals surface area contributed by atoms with E-state index in [9.17, 15) is 4.79 Å². The second kappa shape index (κ2) is 7.31. The van der Waals surface area contributed by atoms with Crippen LogP contribution in [0.2, 0.25) is 0 Å². The van der Waals surface area contributed by atoms with Crippen LogP contribution in [0.1, 0.15) is 49.1 Å². The van der Waals surface area contributed by atoms with Gasteiger partial charge in [-0.2, -0.15) is 4.99 Å². The van der Waals surface area contributed by atoms with Gasteiger partial charge in [-0.3, -0.25) is 4.79 Å². The van der Waals surface area contributed by atoms with E-state index in [-0.39, 0.29) is 11.8 Å². The Hall–Kier alpha value is -0.940. The molecule has 1 heterocycles. The summed E-state index contributed by atoms with van der Waals surface area (Å²) in [6.07, 6.45) is 7.70. The molecule has 1 aromatic heterocycles. The van der Waals surface area contributed by atoms with E-state index < -0.39 is 0 Å². The average Bonchev–Trinajstić information content (AvgIpc) is 3.10. The highest BCUT2D eigenvalue weighted by molar-refractivity contribution is 7.09. The number of hydrogen-bond donors (Lipinski definition) is 0. The molecule has 0 unspecified atom stereocenters. The Morgan fingerprint density at radius 1 is 1.22 bits per heavy atom. The van der Waals surface area contributed by atoms with Crippen molar-refractivity contribution in [2.24, 2.45) is 22.7 Å². The van der Waals surface area contributed by atoms with Gasteiger partial charge >= 0.3 is 0 Å². The van der Waals surface area contributed by atoms with Crippen molar-refractivity contribution < 1.29 is 9.53 Å². The number of ether oxygens (including phenoxy) is 1. The first-order valence-electron chi connectivity index (χ1n) is 8.88. The van der Waals surface area contributed by atoms with Crippen LogP contribution in [0.15, 0.2) is 4.99 Å². The molecular weight excluding hydrogens is 308 g/mol. The summed E-state index contributed by atoms with van der Waals surface area (Å²) in [5.41, 5.74) is 1.19. The molecule has 0 aromatic carbocycles. The van der Waals surface area contributed by atoms with Crippen molar-refractivity contribution in [1.29, 1.82) is 0 Å². The van der Waals surface area contributed by atoms with Gasteiger partial charge < -0.3 is 9.30 Å². The summed E-state index contributed by atoms with van der Waals surface area (Å²) in [6.45, 7) is 5.59. The second-order valence-electron chi connectivity index (χ2n) is 6.97. The van der Waals surface area contributed by atoms with E-state index in [1.165, 1.54) is 49.1 Å². The van der Waals surface area contributed by atoms with Crippen molar-refractivity contribution in [2.75, 3.05) is 13.7 Å². The van der Waals surface area contributed by atoms with Crippen LogP contribution in [-0.2, 0) is 16.1 Å². The van der Waals surface area contributed by atoms with Gasteiger partial charge in [-0.25, -0.2) is 0 Å². The van der Waals surface area contributed by atoms with Gasteiger partial charge in [0.25, 0.3) is 5.91 Å². The molecule has 2 aliphatic carbocycles. The highest BCUT2D eigenvalue weighted by atomic mass is 32.1. The molecule has 1 amide bonds. The molecule has 2 fully saturated rings. The molecule has 2 aliphatic rings. The summed E-state index contributed by atoms with van der Waals surface area (Å²) in [5.74, 6) is 1.54. The Balaban J connectivity index is 1.78. The minimum Gasteiger partial charge on any atom is -0.383 e. The Morgan fingerprint density at radius 3 is 2.48 bits per heavy atom. The van der Waals surface area contributed by atoms with Crippen LogP contribution in [0.25, 0.3) is 0 Å². The lowest BCUT2D eigenvalue weighted by Crippen LogP contribution is -2.21. The summed E-state index contributed by atoms with van der Waals surface area (Å²) in [4.78, 5) is 19.3. The standard InChI is InChI=1S/C18H28N2O2S/c1-12-13(2)23-18(20(12)10-11-22-3)19-17(21)16-14-8-6-4-5-7-9-15(14)16/h14-16H,4-11H2,1-3H3/t14-,15+,16+. The highest BCUT2D eigenvalue weighted by Crippen LogP contribution is 2.54. The van der Waals surface area contributed by atoms with Crippen molar-refractivity contribution in [2.45, 2.75) is 58.9 Å². The highest BCUT2D eigenvalue weighted by Gasteiger charge is 2.53. The molecule has 5 heteroatoms. The second-order valence-corrected chi connectivity index (χ2v) is 8.15. The maximum Gasteiger partial charge on any atom is 0.252 e. The first-order valence-corrected chi connectivity index (χ1v) is 9.69. The smallest absolute Gasteiger partial charge is 0.252 e. The molecule has 0 spiro atoms. The molecular formula is C18H28N2O2S. The van der Waals surface area contributed by atoms with E-state index in [2.05, 4.69) is 23.4 Å². The van der Waals surface area contributed by atoms with Crippen molar-refractivity contribution in [3.05, 3.63) is 15.4 Å². The zero-order chi connectivity index (χ0) is 16.4. The monoisotopic (exact) mass is 336 g/mol. The van der Waals surface area contributed by atoms with Crippen LogP contribution in [0.5, 0.6) is 0 Å². The van der Waals surface area contributed by atoms with Crippen LogP contribution < -0.4 is 4.80 Å². The van der Waals surface area contributed by atoms with Crippen LogP contribution in [0.3, 0.4) is 0 Å². The Bertz CT molecular complexity index is 617. The number of aromatic nitrogens is 1. The summed E-state index contributed by atoms with van der Waals surface area (Å²) in [5, 5.41) is 0. The van der Waals surface area contributed by atoms with Crippen LogP contribution in [-0.4, -0.2) is 24.2 Å². The van der Waals surface area contributed by atoms with Gasteiger partial charge in [0.15, 0.2) is 4.80 Å². The van der Waals surface area contributed by atoms with E-state index in [0.717, 1.165) is 11.3 Å². The summed E-state index contributed by atoms with van der Waals surface area (Å²) in [7, 11) is 1.71. The van der Waals surface area contributed by atoms with E-state index >= 15 is 0 Å². The molecule has 0 saturated heterocycles. The van der Waals surface area contributed by atoms with Gasteiger partial charge in [-0.1, -0.05) is 25.7 Å². The zero-order valence-corrected chi connectivity index (χ0v) is 15.3. The van der Waals surface area contributed by atoms with Crippen LogP contribution in [0.4, 0.5) is 0 Å². The predicted octanol–water partition coefficient (Wildman–Crippen LogP) is 3.46.